The van der Waals surface area contributed by atoms with E-state index >= 15 is 0 Å². The van der Waals surface area contributed by atoms with Crippen LogP contribution in [0.1, 0.15) is 25.7 Å². The molecule has 102 valence electrons. The first-order valence-electron chi connectivity index (χ1n) is 5.90. The first kappa shape index (κ1) is 14.8. The van der Waals surface area contributed by atoms with Gasteiger partial charge in [0.05, 0.1) is 6.54 Å². The zero-order valence-corrected chi connectivity index (χ0v) is 11.3. The maximum Gasteiger partial charge on any atom is 0.279 e. The topological polar surface area (TPSA) is 67.9 Å². The molecule has 17 heavy (non-hydrogen) atoms. The van der Waals surface area contributed by atoms with Crippen molar-refractivity contribution in [3.05, 3.63) is 0 Å². The van der Waals surface area contributed by atoms with Gasteiger partial charge in [-0.25, -0.2) is 0 Å². The number of methoxy groups -OCH3 is 2. The van der Waals surface area contributed by atoms with Crippen LogP contribution in [0.4, 0.5) is 0 Å². The second-order valence-corrected chi connectivity index (χ2v) is 5.82. The number of hydrogen-bond donors (Lipinski definition) is 1. The third-order valence-electron chi connectivity index (χ3n) is 2.86. The fraction of sp³-hybridized carbons (Fsp3) is 1.00. The lowest BCUT2D eigenvalue weighted by Gasteiger charge is -2.21. The van der Waals surface area contributed by atoms with Gasteiger partial charge in [0.15, 0.2) is 6.29 Å². The lowest BCUT2D eigenvalue weighted by molar-refractivity contribution is -0.0962. The average Bonchev–Trinajstić information content (AvgIpc) is 2.59. The van der Waals surface area contributed by atoms with Gasteiger partial charge in [-0.15, -0.1) is 0 Å². The summed E-state index contributed by atoms with van der Waals surface area (Å²) in [6.45, 7) is 1.33. The third kappa shape index (κ3) is 4.89. The Morgan fingerprint density at radius 3 is 2.12 bits per heavy atom. The van der Waals surface area contributed by atoms with Gasteiger partial charge >= 0.3 is 0 Å². The van der Waals surface area contributed by atoms with Gasteiger partial charge in [-0.2, -0.15) is 17.4 Å². The highest BCUT2D eigenvalue weighted by Gasteiger charge is 2.23. The van der Waals surface area contributed by atoms with E-state index in [1.807, 2.05) is 0 Å². The standard InChI is InChI=1S/C10H22N2O4S/c1-15-10(16-2)9-11-17(13,14)12-7-5-3-4-6-8-12/h10-11H,3-9H2,1-2H3. The Morgan fingerprint density at radius 1 is 1.12 bits per heavy atom. The van der Waals surface area contributed by atoms with Gasteiger partial charge in [0.2, 0.25) is 0 Å². The molecule has 0 aromatic carbocycles. The molecule has 0 spiro atoms. The fourth-order valence-corrected chi connectivity index (χ4v) is 3.08. The van der Waals surface area contributed by atoms with E-state index in [0.717, 1.165) is 25.7 Å². The van der Waals surface area contributed by atoms with E-state index in [1.54, 1.807) is 0 Å². The molecule has 1 aliphatic rings. The summed E-state index contributed by atoms with van der Waals surface area (Å²) in [6.07, 6.45) is 3.52. The number of rotatable bonds is 6. The van der Waals surface area contributed by atoms with Crippen LogP contribution < -0.4 is 4.72 Å². The normalized spacial score (nSPS) is 19.5. The Kier molecular flexibility index (Phi) is 6.35. The second kappa shape index (κ2) is 7.27. The average molecular weight is 266 g/mol. The van der Waals surface area contributed by atoms with Crippen molar-refractivity contribution in [2.45, 2.75) is 32.0 Å². The molecule has 0 bridgehead atoms. The van der Waals surface area contributed by atoms with E-state index < -0.39 is 16.5 Å². The van der Waals surface area contributed by atoms with Gasteiger partial charge in [0, 0.05) is 27.3 Å². The SMILES string of the molecule is COC(CNS(=O)(=O)N1CCCCCC1)OC. The molecule has 0 aromatic heterocycles. The van der Waals surface area contributed by atoms with Crippen LogP contribution in [0.3, 0.4) is 0 Å². The predicted octanol–water partition coefficient (Wildman–Crippen LogP) is 0.316. The first-order chi connectivity index (χ1) is 8.10. The molecule has 0 saturated carbocycles. The van der Waals surface area contributed by atoms with Crippen molar-refractivity contribution in [2.75, 3.05) is 33.9 Å². The molecule has 1 aliphatic heterocycles. The molecule has 1 N–H and O–H groups in total. The van der Waals surface area contributed by atoms with E-state index in [-0.39, 0.29) is 6.54 Å². The van der Waals surface area contributed by atoms with E-state index in [0.29, 0.717) is 13.1 Å². The third-order valence-corrected chi connectivity index (χ3v) is 4.44. The molecule has 0 aromatic rings. The Labute approximate surface area is 103 Å². The van der Waals surface area contributed by atoms with Gasteiger partial charge in [0.1, 0.15) is 0 Å². The van der Waals surface area contributed by atoms with Crippen molar-refractivity contribution < 1.29 is 17.9 Å². The fourth-order valence-electron chi connectivity index (χ4n) is 1.81. The number of nitrogens with zero attached hydrogens (tertiary/aromatic N) is 1. The minimum absolute atomic E-state index is 0.131. The molecule has 0 amide bonds. The second-order valence-electron chi connectivity index (χ2n) is 4.07. The molecule has 1 fully saturated rings. The van der Waals surface area contributed by atoms with Crippen LogP contribution >= 0.6 is 0 Å². The zero-order chi connectivity index (χ0) is 12.7. The van der Waals surface area contributed by atoms with Crippen molar-refractivity contribution >= 4 is 10.2 Å². The molecule has 1 heterocycles. The monoisotopic (exact) mass is 266 g/mol. The van der Waals surface area contributed by atoms with Crippen LogP contribution in [0.5, 0.6) is 0 Å². The number of hydrogen-bond acceptors (Lipinski definition) is 4. The quantitative estimate of drug-likeness (QED) is 0.703. The van der Waals surface area contributed by atoms with Gasteiger partial charge in [-0.1, -0.05) is 12.8 Å². The summed E-state index contributed by atoms with van der Waals surface area (Å²) in [6, 6.07) is 0. The smallest absolute Gasteiger partial charge is 0.279 e. The largest absolute Gasteiger partial charge is 0.355 e. The molecular weight excluding hydrogens is 244 g/mol. The van der Waals surface area contributed by atoms with E-state index in [1.165, 1.54) is 18.5 Å². The molecule has 7 heteroatoms. The lowest BCUT2D eigenvalue weighted by atomic mass is 10.2. The van der Waals surface area contributed by atoms with Crippen molar-refractivity contribution in [2.24, 2.45) is 0 Å². The molecular formula is C10H22N2O4S. The lowest BCUT2D eigenvalue weighted by Crippen LogP contribution is -2.44. The summed E-state index contributed by atoms with van der Waals surface area (Å²) in [4.78, 5) is 0. The highest BCUT2D eigenvalue weighted by atomic mass is 32.2. The summed E-state index contributed by atoms with van der Waals surface area (Å²) in [7, 11) is -0.437. The Morgan fingerprint density at radius 2 is 1.65 bits per heavy atom. The Balaban J connectivity index is 2.48. The van der Waals surface area contributed by atoms with E-state index in [4.69, 9.17) is 9.47 Å². The van der Waals surface area contributed by atoms with Crippen LogP contribution in [0.25, 0.3) is 0 Å². The van der Waals surface area contributed by atoms with Crippen LogP contribution in [-0.4, -0.2) is 52.9 Å². The molecule has 1 saturated heterocycles. The summed E-state index contributed by atoms with van der Waals surface area (Å²) < 4.78 is 37.8. The molecule has 0 atom stereocenters. The minimum atomic E-state index is -3.40. The van der Waals surface area contributed by atoms with E-state index in [9.17, 15) is 8.42 Å². The number of ether oxygens (including phenoxy) is 2. The Bertz CT molecular complexity index is 295. The van der Waals surface area contributed by atoms with Crippen molar-refractivity contribution in [1.29, 1.82) is 0 Å². The summed E-state index contributed by atoms with van der Waals surface area (Å²) in [5.41, 5.74) is 0. The van der Waals surface area contributed by atoms with Gasteiger partial charge in [-0.3, -0.25) is 0 Å². The van der Waals surface area contributed by atoms with Crippen molar-refractivity contribution in [1.82, 2.24) is 9.03 Å². The highest BCUT2D eigenvalue weighted by Crippen LogP contribution is 2.12. The maximum absolute atomic E-state index is 12.0. The van der Waals surface area contributed by atoms with Gasteiger partial charge in [0.25, 0.3) is 10.2 Å². The summed E-state index contributed by atoms with van der Waals surface area (Å²) in [5.74, 6) is 0. The number of nitrogens with one attached hydrogen (secondary N) is 1. The minimum Gasteiger partial charge on any atom is -0.355 e. The predicted molar refractivity (Wildman–Crippen MR) is 64.8 cm³/mol. The highest BCUT2D eigenvalue weighted by molar-refractivity contribution is 7.87. The van der Waals surface area contributed by atoms with Crippen LogP contribution in [0.2, 0.25) is 0 Å². The van der Waals surface area contributed by atoms with Crippen molar-refractivity contribution in [3.63, 3.8) is 0 Å². The van der Waals surface area contributed by atoms with Gasteiger partial charge < -0.3 is 9.47 Å². The molecule has 0 aliphatic carbocycles. The van der Waals surface area contributed by atoms with Crippen molar-refractivity contribution in [3.8, 4) is 0 Å². The molecule has 0 radical (unpaired) electrons. The molecule has 1 rings (SSSR count). The maximum atomic E-state index is 12.0. The molecule has 6 nitrogen and oxygen atoms in total. The van der Waals surface area contributed by atoms with E-state index in [2.05, 4.69) is 4.72 Å². The first-order valence-corrected chi connectivity index (χ1v) is 7.34. The zero-order valence-electron chi connectivity index (χ0n) is 10.5. The molecule has 0 unspecified atom stereocenters. The Hall–Kier alpha value is -0.210. The van der Waals surface area contributed by atoms with Crippen LogP contribution in [-0.2, 0) is 19.7 Å². The summed E-state index contributed by atoms with van der Waals surface area (Å²) >= 11 is 0. The summed E-state index contributed by atoms with van der Waals surface area (Å²) in [5, 5.41) is 0. The van der Waals surface area contributed by atoms with Gasteiger partial charge in [-0.05, 0) is 12.8 Å². The van der Waals surface area contributed by atoms with Crippen LogP contribution in [0.15, 0.2) is 0 Å². The van der Waals surface area contributed by atoms with Crippen LogP contribution in [0, 0.1) is 0 Å².